The molecule has 4 heteroatoms. The maximum absolute atomic E-state index is 11.8. The molecular formula is C14H15BrN2O. The van der Waals surface area contributed by atoms with Crippen molar-refractivity contribution in [3.8, 4) is 0 Å². The van der Waals surface area contributed by atoms with E-state index in [0.29, 0.717) is 13.1 Å². The Morgan fingerprint density at radius 3 is 2.33 bits per heavy atom. The number of benzene rings is 1. The average Bonchev–Trinajstić information content (AvgIpc) is 2.40. The molecule has 0 spiro atoms. The lowest BCUT2D eigenvalue weighted by molar-refractivity contribution is 0.725. The van der Waals surface area contributed by atoms with Gasteiger partial charge in [-0.15, -0.1) is 0 Å². The summed E-state index contributed by atoms with van der Waals surface area (Å²) >= 11 is 3.44. The first-order valence-electron chi connectivity index (χ1n) is 5.75. The molecule has 1 aromatic heterocycles. The van der Waals surface area contributed by atoms with E-state index in [1.807, 2.05) is 31.2 Å². The minimum absolute atomic E-state index is 0.0126. The lowest BCUT2D eigenvalue weighted by atomic mass is 10.1. The van der Waals surface area contributed by atoms with Crippen LogP contribution in [0.15, 0.2) is 45.7 Å². The molecule has 0 aliphatic heterocycles. The molecule has 0 fully saturated rings. The van der Waals surface area contributed by atoms with Crippen molar-refractivity contribution in [3.05, 3.63) is 68.0 Å². The lowest BCUT2D eigenvalue weighted by Crippen LogP contribution is -2.22. The molecule has 1 aromatic carbocycles. The number of pyridine rings is 1. The highest BCUT2D eigenvalue weighted by Gasteiger charge is 2.04. The van der Waals surface area contributed by atoms with Gasteiger partial charge in [-0.1, -0.05) is 24.3 Å². The Labute approximate surface area is 114 Å². The monoisotopic (exact) mass is 306 g/mol. The molecular weight excluding hydrogens is 292 g/mol. The average molecular weight is 307 g/mol. The van der Waals surface area contributed by atoms with Crippen LogP contribution in [0.4, 0.5) is 0 Å². The summed E-state index contributed by atoms with van der Waals surface area (Å²) in [5.41, 5.74) is 8.69. The molecule has 0 amide bonds. The molecule has 2 N–H and O–H groups in total. The fourth-order valence-corrected chi connectivity index (χ4v) is 2.16. The first kappa shape index (κ1) is 13.1. The summed E-state index contributed by atoms with van der Waals surface area (Å²) in [6, 6.07) is 11.4. The highest BCUT2D eigenvalue weighted by atomic mass is 79.9. The smallest absolute Gasteiger partial charge is 0.251 e. The van der Waals surface area contributed by atoms with E-state index >= 15 is 0 Å². The van der Waals surface area contributed by atoms with Crippen LogP contribution < -0.4 is 11.3 Å². The fraction of sp³-hybridized carbons (Fsp3) is 0.214. The quantitative estimate of drug-likeness (QED) is 0.947. The van der Waals surface area contributed by atoms with E-state index in [0.717, 1.165) is 21.3 Å². The number of nitrogens with two attached hydrogens (primary N) is 1. The Hall–Kier alpha value is -1.39. The van der Waals surface area contributed by atoms with Gasteiger partial charge >= 0.3 is 0 Å². The molecule has 18 heavy (non-hydrogen) atoms. The van der Waals surface area contributed by atoms with Crippen molar-refractivity contribution in [2.75, 3.05) is 0 Å². The number of aromatic nitrogens is 1. The van der Waals surface area contributed by atoms with Gasteiger partial charge in [-0.25, -0.2) is 0 Å². The van der Waals surface area contributed by atoms with E-state index in [1.54, 1.807) is 16.7 Å². The molecule has 94 valence electrons. The molecule has 2 rings (SSSR count). The maximum Gasteiger partial charge on any atom is 0.251 e. The predicted octanol–water partition coefficient (Wildman–Crippen LogP) is 2.43. The maximum atomic E-state index is 11.8. The van der Waals surface area contributed by atoms with Crippen LogP contribution in [0.3, 0.4) is 0 Å². The molecule has 0 unspecified atom stereocenters. The van der Waals surface area contributed by atoms with Crippen LogP contribution in [-0.4, -0.2) is 4.57 Å². The van der Waals surface area contributed by atoms with Crippen LogP contribution in [0.25, 0.3) is 0 Å². The molecule has 3 nitrogen and oxygen atoms in total. The van der Waals surface area contributed by atoms with Gasteiger partial charge in [-0.2, -0.15) is 0 Å². The summed E-state index contributed by atoms with van der Waals surface area (Å²) in [4.78, 5) is 11.8. The first-order valence-corrected chi connectivity index (χ1v) is 6.55. The molecule has 2 aromatic rings. The second kappa shape index (κ2) is 5.50. The zero-order valence-electron chi connectivity index (χ0n) is 10.2. The summed E-state index contributed by atoms with van der Waals surface area (Å²) in [6.45, 7) is 3.05. The van der Waals surface area contributed by atoms with Gasteiger partial charge in [0.1, 0.15) is 0 Å². The van der Waals surface area contributed by atoms with Gasteiger partial charge in [0.15, 0.2) is 0 Å². The predicted molar refractivity (Wildman–Crippen MR) is 76.6 cm³/mol. The topological polar surface area (TPSA) is 48.0 Å². The molecule has 0 bridgehead atoms. The van der Waals surface area contributed by atoms with Crippen LogP contribution >= 0.6 is 15.9 Å². The number of nitrogens with zero attached hydrogens (tertiary/aromatic N) is 1. The summed E-state index contributed by atoms with van der Waals surface area (Å²) in [6.07, 6.45) is 0. The Balaban J connectivity index is 2.33. The Bertz CT molecular complexity index is 602. The van der Waals surface area contributed by atoms with E-state index < -0.39 is 0 Å². The molecule has 0 aliphatic rings. The van der Waals surface area contributed by atoms with Crippen LogP contribution in [0.1, 0.15) is 16.8 Å². The minimum atomic E-state index is 0.0126. The van der Waals surface area contributed by atoms with Crippen molar-refractivity contribution < 1.29 is 0 Å². The van der Waals surface area contributed by atoms with Crippen molar-refractivity contribution in [2.45, 2.75) is 20.0 Å². The van der Waals surface area contributed by atoms with Gasteiger partial charge in [0.25, 0.3) is 5.56 Å². The third-order valence-corrected chi connectivity index (χ3v) is 3.83. The number of hydrogen-bond acceptors (Lipinski definition) is 2. The third kappa shape index (κ3) is 2.71. The number of hydrogen-bond donors (Lipinski definition) is 1. The van der Waals surface area contributed by atoms with E-state index in [2.05, 4.69) is 15.9 Å². The zero-order valence-corrected chi connectivity index (χ0v) is 11.8. The molecule has 0 saturated heterocycles. The molecule has 0 radical (unpaired) electrons. The van der Waals surface area contributed by atoms with Crippen LogP contribution in [0.5, 0.6) is 0 Å². The summed E-state index contributed by atoms with van der Waals surface area (Å²) in [7, 11) is 0. The molecule has 0 saturated carbocycles. The van der Waals surface area contributed by atoms with Crippen molar-refractivity contribution in [3.63, 3.8) is 0 Å². The van der Waals surface area contributed by atoms with Gasteiger partial charge in [-0.05, 0) is 40.0 Å². The Morgan fingerprint density at radius 2 is 1.72 bits per heavy atom. The van der Waals surface area contributed by atoms with Crippen molar-refractivity contribution in [2.24, 2.45) is 5.73 Å². The van der Waals surface area contributed by atoms with Crippen molar-refractivity contribution in [1.82, 2.24) is 4.57 Å². The fourth-order valence-electron chi connectivity index (χ4n) is 1.81. The summed E-state index contributed by atoms with van der Waals surface area (Å²) in [5.74, 6) is 0. The first-order chi connectivity index (χ1) is 8.61. The second-order valence-corrected chi connectivity index (χ2v) is 5.07. The molecule has 1 heterocycles. The minimum Gasteiger partial charge on any atom is -0.326 e. The van der Waals surface area contributed by atoms with E-state index in [9.17, 15) is 4.79 Å². The Morgan fingerprint density at radius 1 is 1.11 bits per heavy atom. The summed E-state index contributed by atoms with van der Waals surface area (Å²) in [5, 5.41) is 0. The lowest BCUT2D eigenvalue weighted by Gasteiger charge is -2.11. The van der Waals surface area contributed by atoms with E-state index in [-0.39, 0.29) is 5.56 Å². The summed E-state index contributed by atoms with van der Waals surface area (Å²) < 4.78 is 2.70. The SMILES string of the molecule is Cc1c(Br)ccc(=O)n1Cc1ccc(CN)cc1. The largest absolute Gasteiger partial charge is 0.326 e. The molecule has 0 aliphatic carbocycles. The van der Waals surface area contributed by atoms with Crippen LogP contribution in [-0.2, 0) is 13.1 Å². The zero-order chi connectivity index (χ0) is 13.1. The Kier molecular flexibility index (Phi) is 3.99. The standard InChI is InChI=1S/C14H15BrN2O/c1-10-13(15)6-7-14(18)17(10)9-12-4-2-11(8-16)3-5-12/h2-7H,8-9,16H2,1H3. The van der Waals surface area contributed by atoms with Gasteiger partial charge in [0, 0.05) is 22.8 Å². The molecule has 0 atom stereocenters. The number of halogens is 1. The highest BCUT2D eigenvalue weighted by molar-refractivity contribution is 9.10. The third-order valence-electron chi connectivity index (χ3n) is 2.99. The van der Waals surface area contributed by atoms with Gasteiger partial charge in [0.2, 0.25) is 0 Å². The van der Waals surface area contributed by atoms with Gasteiger partial charge in [-0.3, -0.25) is 4.79 Å². The van der Waals surface area contributed by atoms with Crippen LogP contribution in [0.2, 0.25) is 0 Å². The second-order valence-electron chi connectivity index (χ2n) is 4.21. The number of rotatable bonds is 3. The van der Waals surface area contributed by atoms with Gasteiger partial charge in [0.05, 0.1) is 6.54 Å². The normalized spacial score (nSPS) is 10.6. The van der Waals surface area contributed by atoms with Crippen LogP contribution in [0, 0.1) is 6.92 Å². The van der Waals surface area contributed by atoms with Gasteiger partial charge < -0.3 is 10.3 Å². The van der Waals surface area contributed by atoms with Crippen molar-refractivity contribution >= 4 is 15.9 Å². The van der Waals surface area contributed by atoms with E-state index in [4.69, 9.17) is 5.73 Å². The highest BCUT2D eigenvalue weighted by Crippen LogP contribution is 2.14. The van der Waals surface area contributed by atoms with E-state index in [1.165, 1.54) is 0 Å². The van der Waals surface area contributed by atoms with Crippen molar-refractivity contribution in [1.29, 1.82) is 0 Å².